The highest BCUT2D eigenvalue weighted by Gasteiger charge is 2.20. The molecule has 1 aliphatic heterocycles. The second kappa shape index (κ2) is 6.86. The average Bonchev–Trinajstić information content (AvgIpc) is 3.19. The molecule has 1 saturated heterocycles. The van der Waals surface area contributed by atoms with Crippen LogP contribution in [0.5, 0.6) is 0 Å². The lowest BCUT2D eigenvalue weighted by Crippen LogP contribution is -2.40. The minimum atomic E-state index is 0.0231. The van der Waals surface area contributed by atoms with Crippen molar-refractivity contribution in [2.24, 2.45) is 0 Å². The number of benzene rings is 2. The van der Waals surface area contributed by atoms with Gasteiger partial charge in [0.1, 0.15) is 11.4 Å². The van der Waals surface area contributed by atoms with E-state index < -0.39 is 0 Å². The summed E-state index contributed by atoms with van der Waals surface area (Å²) in [6.45, 7) is 2.43. The van der Waals surface area contributed by atoms with Gasteiger partial charge in [-0.1, -0.05) is 42.5 Å². The summed E-state index contributed by atoms with van der Waals surface area (Å²) >= 11 is 0. The Balaban J connectivity index is 1.67. The molecule has 0 aliphatic carbocycles. The van der Waals surface area contributed by atoms with Crippen molar-refractivity contribution in [3.8, 4) is 22.5 Å². The molecule has 1 aliphatic rings. The number of aromatic nitrogens is 3. The number of hydrogen-bond donors (Lipinski definition) is 1. The smallest absolute Gasteiger partial charge is 0.254 e. The molecule has 0 spiro atoms. The van der Waals surface area contributed by atoms with E-state index in [-0.39, 0.29) is 5.91 Å². The first kappa shape index (κ1) is 15.5. The molecule has 1 fully saturated rings. The van der Waals surface area contributed by atoms with Gasteiger partial charge in [-0.2, -0.15) is 15.4 Å². The van der Waals surface area contributed by atoms with Crippen molar-refractivity contribution in [2.45, 2.75) is 0 Å². The lowest BCUT2D eigenvalue weighted by Gasteiger charge is -2.27. The molecule has 0 saturated carbocycles. The summed E-state index contributed by atoms with van der Waals surface area (Å²) in [5.74, 6) is 0.0231. The van der Waals surface area contributed by atoms with Gasteiger partial charge >= 0.3 is 0 Å². The monoisotopic (exact) mass is 334 g/mol. The van der Waals surface area contributed by atoms with Crippen LogP contribution in [-0.4, -0.2) is 52.5 Å². The second-order valence-corrected chi connectivity index (χ2v) is 5.87. The number of carbonyl (C=O) groups excluding carboxylic acids is 1. The van der Waals surface area contributed by atoms with Crippen LogP contribution in [0, 0.1) is 0 Å². The first-order valence-corrected chi connectivity index (χ1v) is 8.26. The van der Waals surface area contributed by atoms with E-state index in [1.54, 1.807) is 0 Å². The summed E-state index contributed by atoms with van der Waals surface area (Å²) in [5.41, 5.74) is 4.02. The number of hydrogen-bond acceptors (Lipinski definition) is 4. The minimum Gasteiger partial charge on any atom is -0.378 e. The third-order valence-electron chi connectivity index (χ3n) is 4.28. The Hall–Kier alpha value is -2.99. The van der Waals surface area contributed by atoms with E-state index in [0.29, 0.717) is 31.9 Å². The highest BCUT2D eigenvalue weighted by molar-refractivity contribution is 5.96. The van der Waals surface area contributed by atoms with Crippen molar-refractivity contribution < 1.29 is 9.53 Å². The topological polar surface area (TPSA) is 71.1 Å². The molecule has 0 bridgehead atoms. The highest BCUT2D eigenvalue weighted by Crippen LogP contribution is 2.28. The van der Waals surface area contributed by atoms with Gasteiger partial charge in [0, 0.05) is 29.8 Å². The number of nitrogens with zero attached hydrogens (tertiary/aromatic N) is 3. The first-order chi connectivity index (χ1) is 12.3. The summed E-state index contributed by atoms with van der Waals surface area (Å²) in [4.78, 5) is 14.5. The predicted octanol–water partition coefficient (Wildman–Crippen LogP) is 2.61. The number of aromatic amines is 1. The van der Waals surface area contributed by atoms with Crippen molar-refractivity contribution in [2.75, 3.05) is 26.3 Å². The van der Waals surface area contributed by atoms with Gasteiger partial charge in [-0.25, -0.2) is 0 Å². The zero-order valence-corrected chi connectivity index (χ0v) is 13.7. The third-order valence-corrected chi connectivity index (χ3v) is 4.28. The molecule has 2 heterocycles. The van der Waals surface area contributed by atoms with Crippen LogP contribution in [-0.2, 0) is 4.74 Å². The van der Waals surface area contributed by atoms with Gasteiger partial charge in [-0.15, -0.1) is 0 Å². The Morgan fingerprint density at radius 1 is 0.920 bits per heavy atom. The maximum Gasteiger partial charge on any atom is 0.254 e. The molecular weight excluding hydrogens is 316 g/mol. The Labute approximate surface area is 145 Å². The van der Waals surface area contributed by atoms with Crippen LogP contribution in [0.4, 0.5) is 0 Å². The maximum absolute atomic E-state index is 12.7. The largest absolute Gasteiger partial charge is 0.378 e. The van der Waals surface area contributed by atoms with Crippen LogP contribution in [0.15, 0.2) is 54.6 Å². The highest BCUT2D eigenvalue weighted by atomic mass is 16.5. The van der Waals surface area contributed by atoms with Crippen LogP contribution < -0.4 is 0 Å². The molecule has 1 aromatic heterocycles. The fraction of sp³-hybridized carbons (Fsp3) is 0.211. The summed E-state index contributed by atoms with van der Waals surface area (Å²) in [7, 11) is 0. The Morgan fingerprint density at radius 2 is 1.60 bits per heavy atom. The maximum atomic E-state index is 12.7. The number of morpholine rings is 1. The molecule has 2 aromatic carbocycles. The van der Waals surface area contributed by atoms with E-state index in [1.807, 2.05) is 59.5 Å². The number of rotatable bonds is 3. The number of H-pyrrole nitrogens is 1. The molecule has 4 rings (SSSR count). The lowest BCUT2D eigenvalue weighted by molar-refractivity contribution is 0.0303. The van der Waals surface area contributed by atoms with Gasteiger partial charge in [-0.3, -0.25) is 4.79 Å². The minimum absolute atomic E-state index is 0.0231. The van der Waals surface area contributed by atoms with Crippen LogP contribution in [0.2, 0.25) is 0 Å². The van der Waals surface area contributed by atoms with E-state index in [2.05, 4.69) is 15.4 Å². The van der Waals surface area contributed by atoms with Gasteiger partial charge in [-0.05, 0) is 12.1 Å². The summed E-state index contributed by atoms with van der Waals surface area (Å²) < 4.78 is 5.32. The quantitative estimate of drug-likeness (QED) is 0.799. The molecule has 3 aromatic rings. The molecule has 0 unspecified atom stereocenters. The number of carbonyl (C=O) groups is 1. The van der Waals surface area contributed by atoms with Crippen LogP contribution >= 0.6 is 0 Å². The molecule has 1 amide bonds. The number of nitrogens with one attached hydrogen (secondary N) is 1. The summed E-state index contributed by atoms with van der Waals surface area (Å²) in [5, 5.41) is 11.3. The fourth-order valence-corrected chi connectivity index (χ4v) is 2.98. The van der Waals surface area contributed by atoms with E-state index in [0.717, 1.165) is 22.5 Å². The fourth-order valence-electron chi connectivity index (χ4n) is 2.98. The molecule has 6 nitrogen and oxygen atoms in total. The van der Waals surface area contributed by atoms with Crippen molar-refractivity contribution in [1.29, 1.82) is 0 Å². The van der Waals surface area contributed by atoms with Crippen molar-refractivity contribution >= 4 is 5.91 Å². The Bertz CT molecular complexity index is 870. The molecular formula is C19H18N4O2. The normalized spacial score (nSPS) is 14.5. The van der Waals surface area contributed by atoms with Gasteiger partial charge in [0.15, 0.2) is 0 Å². The van der Waals surface area contributed by atoms with Gasteiger partial charge in [0.25, 0.3) is 5.91 Å². The Morgan fingerprint density at radius 3 is 2.36 bits per heavy atom. The summed E-state index contributed by atoms with van der Waals surface area (Å²) in [6.07, 6.45) is 0. The van der Waals surface area contributed by atoms with Crippen LogP contribution in [0.25, 0.3) is 22.5 Å². The number of amides is 1. The zero-order valence-electron chi connectivity index (χ0n) is 13.7. The molecule has 126 valence electrons. The van der Waals surface area contributed by atoms with E-state index in [9.17, 15) is 4.79 Å². The standard InChI is InChI=1S/C19H18N4O2/c24-19(23-9-11-25-12-10-23)16-8-4-7-15(13-16)18-17(20-22-21-18)14-5-2-1-3-6-14/h1-8,13H,9-12H2,(H,20,21,22). The van der Waals surface area contributed by atoms with Crippen LogP contribution in [0.1, 0.15) is 10.4 Å². The van der Waals surface area contributed by atoms with Gasteiger partial charge in [0.05, 0.1) is 13.2 Å². The van der Waals surface area contributed by atoms with E-state index in [1.165, 1.54) is 0 Å². The SMILES string of the molecule is O=C(c1cccc(-c2n[nH]nc2-c2ccccc2)c1)N1CCOCC1. The lowest BCUT2D eigenvalue weighted by atomic mass is 10.0. The first-order valence-electron chi connectivity index (χ1n) is 8.26. The Kier molecular flexibility index (Phi) is 4.26. The van der Waals surface area contributed by atoms with E-state index in [4.69, 9.17) is 4.74 Å². The molecule has 0 atom stereocenters. The average molecular weight is 334 g/mol. The molecule has 6 heteroatoms. The van der Waals surface area contributed by atoms with E-state index >= 15 is 0 Å². The van der Waals surface area contributed by atoms with Gasteiger partial charge < -0.3 is 9.64 Å². The van der Waals surface area contributed by atoms with Crippen molar-refractivity contribution in [3.63, 3.8) is 0 Å². The second-order valence-electron chi connectivity index (χ2n) is 5.87. The number of ether oxygens (including phenoxy) is 1. The zero-order chi connectivity index (χ0) is 17.1. The van der Waals surface area contributed by atoms with Crippen LogP contribution in [0.3, 0.4) is 0 Å². The van der Waals surface area contributed by atoms with Crippen molar-refractivity contribution in [3.05, 3.63) is 60.2 Å². The molecule has 1 N–H and O–H groups in total. The molecule has 0 radical (unpaired) electrons. The molecule has 25 heavy (non-hydrogen) atoms. The predicted molar refractivity (Wildman–Crippen MR) is 94.0 cm³/mol. The third kappa shape index (κ3) is 3.16. The van der Waals surface area contributed by atoms with Crippen molar-refractivity contribution in [1.82, 2.24) is 20.3 Å². The van der Waals surface area contributed by atoms with Gasteiger partial charge in [0.2, 0.25) is 0 Å². The summed E-state index contributed by atoms with van der Waals surface area (Å²) in [6, 6.07) is 17.4.